The summed E-state index contributed by atoms with van der Waals surface area (Å²) < 4.78 is 5.12. The number of likely N-dealkylation sites (tertiary alicyclic amines) is 1. The lowest BCUT2D eigenvalue weighted by atomic mass is 9.97. The predicted molar refractivity (Wildman–Crippen MR) is 97.8 cm³/mol. The van der Waals surface area contributed by atoms with Crippen molar-refractivity contribution in [3.63, 3.8) is 0 Å². The highest BCUT2D eigenvalue weighted by atomic mass is 35.5. The molecule has 0 saturated carbocycles. The minimum atomic E-state index is -0.443. The summed E-state index contributed by atoms with van der Waals surface area (Å²) in [6.45, 7) is 3.86. The van der Waals surface area contributed by atoms with Gasteiger partial charge in [-0.05, 0) is 51.3 Å². The van der Waals surface area contributed by atoms with Crippen LogP contribution in [0.25, 0.3) is 0 Å². The maximum Gasteiger partial charge on any atom is 0.316 e. The summed E-state index contributed by atoms with van der Waals surface area (Å²) in [5.41, 5.74) is 0. The molecular formula is C17H21Cl2NO3S. The third kappa shape index (κ3) is 5.30. The van der Waals surface area contributed by atoms with Gasteiger partial charge in [-0.15, -0.1) is 11.8 Å². The van der Waals surface area contributed by atoms with E-state index in [4.69, 9.17) is 27.9 Å². The third-order valence-corrected chi connectivity index (χ3v) is 5.78. The number of hydrogen-bond donors (Lipinski definition) is 0. The molecule has 1 amide bonds. The van der Waals surface area contributed by atoms with Crippen LogP contribution in [0, 0.1) is 0 Å². The van der Waals surface area contributed by atoms with Crippen LogP contribution in [-0.4, -0.2) is 41.2 Å². The van der Waals surface area contributed by atoms with Gasteiger partial charge in [0.1, 0.15) is 0 Å². The number of rotatable bonds is 5. The Morgan fingerprint density at radius 3 is 2.58 bits per heavy atom. The van der Waals surface area contributed by atoms with Gasteiger partial charge < -0.3 is 9.64 Å². The molecule has 1 aliphatic rings. The topological polar surface area (TPSA) is 46.6 Å². The fourth-order valence-electron chi connectivity index (χ4n) is 2.90. The molecule has 1 aromatic rings. The Balaban J connectivity index is 1.80. The Morgan fingerprint density at radius 1 is 1.25 bits per heavy atom. The van der Waals surface area contributed by atoms with Crippen LogP contribution >= 0.6 is 35.0 Å². The fraction of sp³-hybridized carbons (Fsp3) is 0.529. The van der Waals surface area contributed by atoms with Crippen molar-refractivity contribution in [3.05, 3.63) is 28.2 Å². The van der Waals surface area contributed by atoms with E-state index in [1.54, 1.807) is 18.2 Å². The van der Waals surface area contributed by atoms with E-state index in [0.717, 1.165) is 19.3 Å². The van der Waals surface area contributed by atoms with Gasteiger partial charge in [-0.3, -0.25) is 9.59 Å². The van der Waals surface area contributed by atoms with Gasteiger partial charge in [-0.1, -0.05) is 23.2 Å². The molecule has 1 fully saturated rings. The first-order valence-electron chi connectivity index (χ1n) is 7.93. The Labute approximate surface area is 156 Å². The molecule has 24 heavy (non-hydrogen) atoms. The molecule has 7 heteroatoms. The Bertz CT molecular complexity index is 601. The largest absolute Gasteiger partial charge is 0.455 e. The van der Waals surface area contributed by atoms with Crippen molar-refractivity contribution in [2.45, 2.75) is 50.1 Å². The van der Waals surface area contributed by atoms with Crippen molar-refractivity contribution in [1.29, 1.82) is 0 Å². The van der Waals surface area contributed by atoms with Crippen LogP contribution in [0.4, 0.5) is 0 Å². The van der Waals surface area contributed by atoms with Gasteiger partial charge in [0.05, 0.1) is 10.8 Å². The summed E-state index contributed by atoms with van der Waals surface area (Å²) in [6, 6.07) is 5.45. The van der Waals surface area contributed by atoms with Crippen molar-refractivity contribution in [1.82, 2.24) is 4.90 Å². The van der Waals surface area contributed by atoms with E-state index < -0.39 is 5.97 Å². The Hall–Kier alpha value is -0.910. The zero-order valence-corrected chi connectivity index (χ0v) is 16.1. The molecule has 4 nitrogen and oxygen atoms in total. The average molecular weight is 390 g/mol. The lowest BCUT2D eigenvalue weighted by molar-refractivity contribution is -0.153. The number of ether oxygens (including phenoxy) is 1. The molecule has 2 unspecified atom stereocenters. The third-order valence-electron chi connectivity index (χ3n) is 4.08. The van der Waals surface area contributed by atoms with Crippen LogP contribution in [0.1, 0.15) is 33.1 Å². The van der Waals surface area contributed by atoms with Gasteiger partial charge in [0.2, 0.25) is 0 Å². The molecule has 1 aromatic carbocycles. The molecule has 0 radical (unpaired) electrons. The quantitative estimate of drug-likeness (QED) is 0.552. The predicted octanol–water partition coefficient (Wildman–Crippen LogP) is 4.42. The van der Waals surface area contributed by atoms with Crippen LogP contribution in [0.2, 0.25) is 10.0 Å². The fourth-order valence-corrected chi connectivity index (χ4v) is 4.19. The second-order valence-corrected chi connectivity index (χ2v) is 7.81. The summed E-state index contributed by atoms with van der Waals surface area (Å²) >= 11 is 13.2. The minimum Gasteiger partial charge on any atom is -0.455 e. The lowest BCUT2D eigenvalue weighted by Crippen LogP contribution is -2.49. The van der Waals surface area contributed by atoms with Crippen LogP contribution in [0.3, 0.4) is 0 Å². The van der Waals surface area contributed by atoms with Gasteiger partial charge in [0, 0.05) is 22.0 Å². The molecule has 2 atom stereocenters. The number of benzene rings is 1. The van der Waals surface area contributed by atoms with Crippen molar-refractivity contribution in [2.24, 2.45) is 0 Å². The normalized spacial score (nSPS) is 20.8. The smallest absolute Gasteiger partial charge is 0.316 e. The average Bonchev–Trinajstić information content (AvgIpc) is 2.53. The van der Waals surface area contributed by atoms with E-state index in [1.165, 1.54) is 11.8 Å². The zero-order valence-electron chi connectivity index (χ0n) is 13.8. The SMILES string of the molecule is CC1CCCC(C)N1C(=O)COC(=O)CSc1cc(Cl)ccc1Cl. The van der Waals surface area contributed by atoms with Gasteiger partial charge in [-0.2, -0.15) is 0 Å². The van der Waals surface area contributed by atoms with E-state index >= 15 is 0 Å². The first-order chi connectivity index (χ1) is 11.4. The van der Waals surface area contributed by atoms with Crippen molar-refractivity contribution in [3.8, 4) is 0 Å². The number of hydrogen-bond acceptors (Lipinski definition) is 4. The highest BCUT2D eigenvalue weighted by Crippen LogP contribution is 2.30. The zero-order chi connectivity index (χ0) is 17.7. The first-order valence-corrected chi connectivity index (χ1v) is 9.67. The number of carbonyl (C=O) groups is 2. The van der Waals surface area contributed by atoms with Crippen molar-refractivity contribution in [2.75, 3.05) is 12.4 Å². The summed E-state index contributed by atoms with van der Waals surface area (Å²) in [7, 11) is 0. The standard InChI is InChI=1S/C17H21Cl2NO3S/c1-11-4-3-5-12(2)20(11)16(21)9-23-17(22)10-24-15-8-13(18)6-7-14(15)19/h6-8,11-12H,3-5,9-10H2,1-2H3. The van der Waals surface area contributed by atoms with Crippen LogP contribution in [0.15, 0.2) is 23.1 Å². The van der Waals surface area contributed by atoms with E-state index in [0.29, 0.717) is 14.9 Å². The molecular weight excluding hydrogens is 369 g/mol. The van der Waals surface area contributed by atoms with E-state index in [9.17, 15) is 9.59 Å². The highest BCUT2D eigenvalue weighted by Gasteiger charge is 2.29. The van der Waals surface area contributed by atoms with E-state index in [1.807, 2.05) is 18.7 Å². The number of amides is 1. The molecule has 0 spiro atoms. The number of carbonyl (C=O) groups excluding carboxylic acids is 2. The molecule has 132 valence electrons. The number of thioether (sulfide) groups is 1. The number of halogens is 2. The van der Waals surface area contributed by atoms with Crippen molar-refractivity contribution >= 4 is 46.8 Å². The molecule has 1 aliphatic heterocycles. The monoisotopic (exact) mass is 389 g/mol. The first kappa shape index (κ1) is 19.4. The number of nitrogens with zero attached hydrogens (tertiary/aromatic N) is 1. The second-order valence-electron chi connectivity index (χ2n) is 5.95. The summed E-state index contributed by atoms with van der Waals surface area (Å²) in [4.78, 5) is 26.7. The number of esters is 1. The van der Waals surface area contributed by atoms with E-state index in [-0.39, 0.29) is 30.4 Å². The van der Waals surface area contributed by atoms with Gasteiger partial charge >= 0.3 is 5.97 Å². The molecule has 1 saturated heterocycles. The Morgan fingerprint density at radius 2 is 1.92 bits per heavy atom. The second kappa shape index (κ2) is 8.97. The Kier molecular flexibility index (Phi) is 7.26. The van der Waals surface area contributed by atoms with Crippen LogP contribution < -0.4 is 0 Å². The lowest BCUT2D eigenvalue weighted by Gasteiger charge is -2.38. The van der Waals surface area contributed by atoms with Crippen LogP contribution in [-0.2, 0) is 14.3 Å². The van der Waals surface area contributed by atoms with Crippen LogP contribution in [0.5, 0.6) is 0 Å². The molecule has 0 N–H and O–H groups in total. The molecule has 0 aliphatic carbocycles. The summed E-state index contributed by atoms with van der Waals surface area (Å²) in [5.74, 6) is -0.492. The minimum absolute atomic E-state index is 0.0818. The van der Waals surface area contributed by atoms with E-state index in [2.05, 4.69) is 0 Å². The molecule has 0 bridgehead atoms. The van der Waals surface area contributed by atoms with Gasteiger partial charge in [0.15, 0.2) is 6.61 Å². The van der Waals surface area contributed by atoms with Crippen molar-refractivity contribution < 1.29 is 14.3 Å². The molecule has 2 rings (SSSR count). The molecule has 0 aromatic heterocycles. The van der Waals surface area contributed by atoms with Gasteiger partial charge in [-0.25, -0.2) is 0 Å². The maximum atomic E-state index is 12.3. The number of piperidine rings is 1. The highest BCUT2D eigenvalue weighted by molar-refractivity contribution is 8.00. The molecule has 1 heterocycles. The van der Waals surface area contributed by atoms with Gasteiger partial charge in [0.25, 0.3) is 5.91 Å². The summed E-state index contributed by atoms with van der Waals surface area (Å²) in [5, 5.41) is 1.09. The maximum absolute atomic E-state index is 12.3. The summed E-state index contributed by atoms with van der Waals surface area (Å²) in [6.07, 6.45) is 3.11.